The van der Waals surface area contributed by atoms with E-state index in [-0.39, 0.29) is 5.60 Å². The molecule has 2 heterocycles. The molecule has 0 radical (unpaired) electrons. The second-order valence-electron chi connectivity index (χ2n) is 4.88. The summed E-state index contributed by atoms with van der Waals surface area (Å²) >= 11 is 0. The molecule has 2 aliphatic heterocycles. The van der Waals surface area contributed by atoms with Crippen molar-refractivity contribution in [2.45, 2.75) is 24.9 Å². The molecule has 0 saturated carbocycles. The third-order valence-corrected chi connectivity index (χ3v) is 3.72. The van der Waals surface area contributed by atoms with Crippen LogP contribution in [0.3, 0.4) is 0 Å². The van der Waals surface area contributed by atoms with Gasteiger partial charge in [0.05, 0.1) is 6.61 Å². The normalized spacial score (nSPS) is 32.1. The van der Waals surface area contributed by atoms with Gasteiger partial charge in [0.15, 0.2) is 0 Å². The second-order valence-corrected chi connectivity index (χ2v) is 4.88. The number of rotatable bonds is 5. The first-order chi connectivity index (χ1) is 7.85. The van der Waals surface area contributed by atoms with Gasteiger partial charge in [-0.1, -0.05) is 0 Å². The van der Waals surface area contributed by atoms with E-state index in [2.05, 4.69) is 5.32 Å². The molecule has 2 rings (SSSR count). The van der Waals surface area contributed by atoms with Gasteiger partial charge in [0.25, 0.3) is 0 Å². The zero-order valence-electron chi connectivity index (χ0n) is 10.2. The molecule has 1 unspecified atom stereocenters. The Balaban J connectivity index is 1.66. The molecule has 4 nitrogen and oxygen atoms in total. The molecule has 0 aromatic heterocycles. The molecule has 2 saturated heterocycles. The maximum Gasteiger partial charge on any atom is 0.106 e. The van der Waals surface area contributed by atoms with Crippen molar-refractivity contribution in [3.63, 3.8) is 0 Å². The number of hydrogen-bond acceptors (Lipinski definition) is 4. The predicted octanol–water partition coefficient (Wildman–Crippen LogP) is 0.808. The Morgan fingerprint density at radius 2 is 2.06 bits per heavy atom. The van der Waals surface area contributed by atoms with Crippen LogP contribution in [0, 0.1) is 5.92 Å². The van der Waals surface area contributed by atoms with Gasteiger partial charge in [0, 0.05) is 39.9 Å². The van der Waals surface area contributed by atoms with E-state index >= 15 is 0 Å². The van der Waals surface area contributed by atoms with Gasteiger partial charge in [-0.2, -0.15) is 0 Å². The van der Waals surface area contributed by atoms with Gasteiger partial charge >= 0.3 is 0 Å². The van der Waals surface area contributed by atoms with Crippen LogP contribution < -0.4 is 5.32 Å². The van der Waals surface area contributed by atoms with Crippen molar-refractivity contribution in [1.29, 1.82) is 0 Å². The van der Waals surface area contributed by atoms with E-state index in [0.717, 1.165) is 51.9 Å². The van der Waals surface area contributed by atoms with Crippen molar-refractivity contribution in [2.75, 3.05) is 46.6 Å². The van der Waals surface area contributed by atoms with Crippen LogP contribution in [0.1, 0.15) is 19.3 Å². The van der Waals surface area contributed by atoms with Crippen molar-refractivity contribution < 1.29 is 14.2 Å². The molecule has 4 heteroatoms. The van der Waals surface area contributed by atoms with Gasteiger partial charge < -0.3 is 19.5 Å². The zero-order chi connectivity index (χ0) is 11.3. The maximum absolute atomic E-state index is 5.58. The molecule has 94 valence electrons. The number of nitrogens with one attached hydrogen (secondary N) is 1. The lowest BCUT2D eigenvalue weighted by Gasteiger charge is -2.28. The molecular formula is C12H23NO3. The highest BCUT2D eigenvalue weighted by atomic mass is 16.5. The highest BCUT2D eigenvalue weighted by Gasteiger charge is 2.34. The van der Waals surface area contributed by atoms with Crippen molar-refractivity contribution in [3.05, 3.63) is 0 Å². The molecule has 1 N–H and O–H groups in total. The minimum absolute atomic E-state index is 0.0782. The third kappa shape index (κ3) is 3.17. The first kappa shape index (κ1) is 12.3. The monoisotopic (exact) mass is 229 g/mol. The minimum atomic E-state index is -0.0782. The molecule has 0 aromatic carbocycles. The molecule has 1 atom stereocenters. The summed E-state index contributed by atoms with van der Waals surface area (Å²) < 4.78 is 16.3. The number of hydrogen-bond donors (Lipinski definition) is 1. The highest BCUT2D eigenvalue weighted by Crippen LogP contribution is 2.22. The summed E-state index contributed by atoms with van der Waals surface area (Å²) in [5.41, 5.74) is -0.0782. The SMILES string of the molecule is COC1(CNCC2CCOCC2)CCOC1. The lowest BCUT2D eigenvalue weighted by molar-refractivity contribution is -0.0173. The summed E-state index contributed by atoms with van der Waals surface area (Å²) in [4.78, 5) is 0. The summed E-state index contributed by atoms with van der Waals surface area (Å²) in [6.45, 7) is 5.38. The minimum Gasteiger partial charge on any atom is -0.381 e. The van der Waals surface area contributed by atoms with Crippen LogP contribution in [0.15, 0.2) is 0 Å². The molecule has 0 aliphatic carbocycles. The van der Waals surface area contributed by atoms with Gasteiger partial charge in [-0.05, 0) is 25.3 Å². The van der Waals surface area contributed by atoms with E-state index in [1.54, 1.807) is 7.11 Å². The van der Waals surface area contributed by atoms with E-state index < -0.39 is 0 Å². The predicted molar refractivity (Wildman–Crippen MR) is 61.6 cm³/mol. The molecule has 0 aromatic rings. The Morgan fingerprint density at radius 1 is 1.25 bits per heavy atom. The van der Waals surface area contributed by atoms with Crippen LogP contribution in [0.2, 0.25) is 0 Å². The first-order valence-corrected chi connectivity index (χ1v) is 6.26. The lowest BCUT2D eigenvalue weighted by Crippen LogP contribution is -2.44. The smallest absolute Gasteiger partial charge is 0.106 e. The largest absolute Gasteiger partial charge is 0.381 e. The Morgan fingerprint density at radius 3 is 2.69 bits per heavy atom. The fourth-order valence-electron chi connectivity index (χ4n) is 2.42. The molecular weight excluding hydrogens is 206 g/mol. The maximum atomic E-state index is 5.58. The van der Waals surface area contributed by atoms with Gasteiger partial charge in [-0.25, -0.2) is 0 Å². The van der Waals surface area contributed by atoms with E-state index in [1.165, 1.54) is 12.8 Å². The zero-order valence-corrected chi connectivity index (χ0v) is 10.2. The molecule has 16 heavy (non-hydrogen) atoms. The Labute approximate surface area is 97.6 Å². The third-order valence-electron chi connectivity index (χ3n) is 3.72. The average Bonchev–Trinajstić information content (AvgIpc) is 2.80. The van der Waals surface area contributed by atoms with Crippen LogP contribution in [0.5, 0.6) is 0 Å². The van der Waals surface area contributed by atoms with Crippen LogP contribution in [-0.4, -0.2) is 52.2 Å². The van der Waals surface area contributed by atoms with Gasteiger partial charge in [0.1, 0.15) is 5.60 Å². The van der Waals surface area contributed by atoms with Crippen molar-refractivity contribution in [3.8, 4) is 0 Å². The molecule has 2 fully saturated rings. The van der Waals surface area contributed by atoms with Crippen LogP contribution in [0.4, 0.5) is 0 Å². The standard InChI is InChI=1S/C12H23NO3/c1-14-12(4-7-16-10-12)9-13-8-11-2-5-15-6-3-11/h11,13H,2-10H2,1H3. The molecule has 2 aliphatic rings. The van der Waals surface area contributed by atoms with Crippen molar-refractivity contribution in [1.82, 2.24) is 5.32 Å². The highest BCUT2D eigenvalue weighted by molar-refractivity contribution is 4.87. The Bertz CT molecular complexity index is 198. The van der Waals surface area contributed by atoms with Gasteiger partial charge in [-0.3, -0.25) is 0 Å². The summed E-state index contributed by atoms with van der Waals surface area (Å²) in [5.74, 6) is 0.768. The van der Waals surface area contributed by atoms with Crippen LogP contribution in [0.25, 0.3) is 0 Å². The van der Waals surface area contributed by atoms with Gasteiger partial charge in [0.2, 0.25) is 0 Å². The molecule has 0 amide bonds. The Kier molecular flexibility index (Phi) is 4.58. The van der Waals surface area contributed by atoms with Crippen LogP contribution >= 0.6 is 0 Å². The fourth-order valence-corrected chi connectivity index (χ4v) is 2.42. The quantitative estimate of drug-likeness (QED) is 0.757. The summed E-state index contributed by atoms with van der Waals surface area (Å²) in [7, 11) is 1.78. The van der Waals surface area contributed by atoms with Crippen molar-refractivity contribution in [2.24, 2.45) is 5.92 Å². The summed E-state index contributed by atoms with van der Waals surface area (Å²) in [5, 5.41) is 3.53. The second kappa shape index (κ2) is 5.96. The van der Waals surface area contributed by atoms with E-state index in [9.17, 15) is 0 Å². The van der Waals surface area contributed by atoms with Crippen molar-refractivity contribution >= 4 is 0 Å². The molecule has 0 spiro atoms. The number of ether oxygens (including phenoxy) is 3. The van der Waals surface area contributed by atoms with E-state index in [1.807, 2.05) is 0 Å². The Hall–Kier alpha value is -0.160. The van der Waals surface area contributed by atoms with E-state index in [0.29, 0.717) is 0 Å². The average molecular weight is 229 g/mol. The first-order valence-electron chi connectivity index (χ1n) is 6.26. The molecule has 0 bridgehead atoms. The van der Waals surface area contributed by atoms with Gasteiger partial charge in [-0.15, -0.1) is 0 Å². The fraction of sp³-hybridized carbons (Fsp3) is 1.00. The number of methoxy groups -OCH3 is 1. The van der Waals surface area contributed by atoms with Crippen LogP contribution in [-0.2, 0) is 14.2 Å². The summed E-state index contributed by atoms with van der Waals surface area (Å²) in [6.07, 6.45) is 3.37. The topological polar surface area (TPSA) is 39.7 Å². The van der Waals surface area contributed by atoms with E-state index in [4.69, 9.17) is 14.2 Å². The lowest BCUT2D eigenvalue weighted by atomic mass is 9.99. The summed E-state index contributed by atoms with van der Waals surface area (Å²) in [6, 6.07) is 0.